The number of benzene rings is 1. The van der Waals surface area contributed by atoms with E-state index in [1.807, 2.05) is 13.8 Å². The van der Waals surface area contributed by atoms with Crippen LogP contribution in [0.2, 0.25) is 0 Å². The fraction of sp³-hybridized carbons (Fsp3) is 0.412. The molecular formula is C17H18F3NO2. The molecule has 0 bridgehead atoms. The zero-order chi connectivity index (χ0) is 17.3. The van der Waals surface area contributed by atoms with Crippen LogP contribution in [0.5, 0.6) is 0 Å². The number of aliphatic imine (C=N–C) groups is 1. The maximum Gasteiger partial charge on any atom is 0.416 e. The third-order valence-corrected chi connectivity index (χ3v) is 3.64. The predicted octanol–water partition coefficient (Wildman–Crippen LogP) is 4.48. The average molecular weight is 325 g/mol. The van der Waals surface area contributed by atoms with Gasteiger partial charge in [0.25, 0.3) is 0 Å². The molecular weight excluding hydrogens is 307 g/mol. The summed E-state index contributed by atoms with van der Waals surface area (Å²) in [5.41, 5.74) is -0.488. The van der Waals surface area contributed by atoms with Gasteiger partial charge in [-0.05, 0) is 23.1 Å². The summed E-state index contributed by atoms with van der Waals surface area (Å²) in [4.78, 5) is 16.0. The van der Waals surface area contributed by atoms with Crippen LogP contribution in [0.3, 0.4) is 0 Å². The van der Waals surface area contributed by atoms with Gasteiger partial charge in [-0.15, -0.1) is 0 Å². The molecule has 0 amide bonds. The molecule has 0 saturated carbocycles. The maximum atomic E-state index is 12.6. The van der Waals surface area contributed by atoms with Crippen molar-refractivity contribution in [3.8, 4) is 0 Å². The Morgan fingerprint density at radius 3 is 2.61 bits per heavy atom. The molecule has 6 heteroatoms. The number of hydrogen-bond acceptors (Lipinski definition) is 3. The monoisotopic (exact) mass is 325 g/mol. The highest BCUT2D eigenvalue weighted by Crippen LogP contribution is 2.35. The van der Waals surface area contributed by atoms with E-state index in [1.165, 1.54) is 18.3 Å². The van der Waals surface area contributed by atoms with Crippen LogP contribution in [-0.4, -0.2) is 17.1 Å². The van der Waals surface area contributed by atoms with Gasteiger partial charge in [0, 0.05) is 19.1 Å². The van der Waals surface area contributed by atoms with Gasteiger partial charge in [-0.1, -0.05) is 26.0 Å². The lowest BCUT2D eigenvalue weighted by molar-refractivity contribution is -0.137. The molecule has 23 heavy (non-hydrogen) atoms. The number of alkyl halides is 3. The lowest BCUT2D eigenvalue weighted by Crippen LogP contribution is -2.26. The first kappa shape index (κ1) is 17.2. The summed E-state index contributed by atoms with van der Waals surface area (Å²) in [7, 11) is 0. The lowest BCUT2D eigenvalue weighted by Gasteiger charge is -2.28. The van der Waals surface area contributed by atoms with Crippen LogP contribution in [-0.2, 0) is 17.5 Å². The van der Waals surface area contributed by atoms with Crippen molar-refractivity contribution < 1.29 is 23.1 Å². The Hall–Kier alpha value is -2.11. The van der Waals surface area contributed by atoms with E-state index in [0.717, 1.165) is 12.1 Å². The molecule has 0 radical (unpaired) electrons. The molecule has 0 atom stereocenters. The Balaban J connectivity index is 2.12. The van der Waals surface area contributed by atoms with Gasteiger partial charge in [0.1, 0.15) is 5.76 Å². The van der Waals surface area contributed by atoms with Crippen LogP contribution in [0.4, 0.5) is 13.2 Å². The number of carbonyl (C=O) groups excluding carboxylic acids is 1. The number of nitrogens with zero attached hydrogens (tertiary/aromatic N) is 1. The van der Waals surface area contributed by atoms with E-state index in [4.69, 9.17) is 0 Å². The van der Waals surface area contributed by atoms with Gasteiger partial charge in [0.05, 0.1) is 17.7 Å². The summed E-state index contributed by atoms with van der Waals surface area (Å²) >= 11 is 0. The van der Waals surface area contributed by atoms with Crippen molar-refractivity contribution in [1.82, 2.24) is 0 Å². The second-order valence-electron chi connectivity index (χ2n) is 6.47. The number of ketones is 1. The van der Waals surface area contributed by atoms with Crippen molar-refractivity contribution in [1.29, 1.82) is 0 Å². The number of aliphatic hydroxyl groups excluding tert-OH is 1. The largest absolute Gasteiger partial charge is 0.511 e. The number of aliphatic hydroxyl groups is 1. The quantitative estimate of drug-likeness (QED) is 0.833. The lowest BCUT2D eigenvalue weighted by atomic mass is 9.77. The first-order valence-corrected chi connectivity index (χ1v) is 7.20. The molecule has 1 aromatic carbocycles. The zero-order valence-corrected chi connectivity index (χ0v) is 12.9. The van der Waals surface area contributed by atoms with E-state index >= 15 is 0 Å². The van der Waals surface area contributed by atoms with E-state index in [1.54, 1.807) is 0 Å². The Bertz CT molecular complexity index is 673. The molecule has 1 aliphatic rings. The summed E-state index contributed by atoms with van der Waals surface area (Å²) in [6, 6.07) is 4.87. The molecule has 0 unspecified atom stereocenters. The van der Waals surface area contributed by atoms with Gasteiger partial charge in [-0.3, -0.25) is 9.79 Å². The zero-order valence-electron chi connectivity index (χ0n) is 12.9. The van der Waals surface area contributed by atoms with Crippen molar-refractivity contribution in [3.05, 3.63) is 46.7 Å². The van der Waals surface area contributed by atoms with Crippen LogP contribution in [0.15, 0.2) is 40.6 Å². The van der Waals surface area contributed by atoms with Gasteiger partial charge in [-0.25, -0.2) is 0 Å². The second kappa shape index (κ2) is 6.18. The molecule has 0 saturated heterocycles. The summed E-state index contributed by atoms with van der Waals surface area (Å²) in [5.74, 6) is -0.217. The van der Waals surface area contributed by atoms with Crippen LogP contribution in [0, 0.1) is 5.41 Å². The fourth-order valence-corrected chi connectivity index (χ4v) is 2.54. The van der Waals surface area contributed by atoms with Crippen molar-refractivity contribution in [2.45, 2.75) is 39.4 Å². The van der Waals surface area contributed by atoms with Crippen molar-refractivity contribution in [3.63, 3.8) is 0 Å². The Kier molecular flexibility index (Phi) is 4.63. The van der Waals surface area contributed by atoms with Gasteiger partial charge in [-0.2, -0.15) is 13.2 Å². The molecule has 0 aromatic heterocycles. The normalized spacial score (nSPS) is 18.7. The van der Waals surface area contributed by atoms with E-state index in [2.05, 4.69) is 4.99 Å². The summed E-state index contributed by atoms with van der Waals surface area (Å²) < 4.78 is 37.9. The Morgan fingerprint density at radius 1 is 1.30 bits per heavy atom. The van der Waals surface area contributed by atoms with E-state index in [9.17, 15) is 23.1 Å². The Morgan fingerprint density at radius 2 is 2.00 bits per heavy atom. The first-order valence-electron chi connectivity index (χ1n) is 7.20. The van der Waals surface area contributed by atoms with Gasteiger partial charge in [0.15, 0.2) is 5.78 Å². The molecule has 3 nitrogen and oxygen atoms in total. The van der Waals surface area contributed by atoms with Gasteiger partial charge >= 0.3 is 6.18 Å². The van der Waals surface area contributed by atoms with Crippen LogP contribution < -0.4 is 0 Å². The number of halogens is 3. The minimum atomic E-state index is -4.40. The maximum absolute atomic E-state index is 12.6. The molecule has 1 aromatic rings. The summed E-state index contributed by atoms with van der Waals surface area (Å²) in [5, 5.41) is 9.94. The molecule has 0 aliphatic heterocycles. The van der Waals surface area contributed by atoms with Crippen molar-refractivity contribution in [2.24, 2.45) is 10.4 Å². The first-order chi connectivity index (χ1) is 10.6. The van der Waals surface area contributed by atoms with Crippen molar-refractivity contribution >= 4 is 12.0 Å². The highest BCUT2D eigenvalue weighted by atomic mass is 19.4. The minimum absolute atomic E-state index is 0.0113. The van der Waals surface area contributed by atoms with E-state index in [-0.39, 0.29) is 29.1 Å². The molecule has 124 valence electrons. The number of Topliss-reactive ketones (excluding diaryl/α,β-unsaturated/α-hetero) is 1. The second-order valence-corrected chi connectivity index (χ2v) is 6.47. The van der Waals surface area contributed by atoms with Gasteiger partial charge in [0.2, 0.25) is 0 Å². The third-order valence-electron chi connectivity index (χ3n) is 3.64. The van der Waals surface area contributed by atoms with Crippen LogP contribution in [0.25, 0.3) is 0 Å². The predicted molar refractivity (Wildman–Crippen MR) is 81.3 cm³/mol. The summed E-state index contributed by atoms with van der Waals surface area (Å²) in [6.45, 7) is 3.78. The SMILES string of the molecule is CC1(C)CC(=O)C(C=NCc2cccc(C(F)(F)F)c2)=C(O)C1. The molecule has 1 N–H and O–H groups in total. The molecule has 0 heterocycles. The molecule has 0 fully saturated rings. The molecule has 2 rings (SSSR count). The molecule has 0 spiro atoms. The Labute approximate surface area is 132 Å². The minimum Gasteiger partial charge on any atom is -0.511 e. The molecule has 1 aliphatic carbocycles. The van der Waals surface area contributed by atoms with Crippen LogP contribution >= 0.6 is 0 Å². The highest BCUT2D eigenvalue weighted by molar-refractivity contribution is 6.14. The van der Waals surface area contributed by atoms with Crippen molar-refractivity contribution in [2.75, 3.05) is 0 Å². The van der Waals surface area contributed by atoms with Crippen LogP contribution in [0.1, 0.15) is 37.8 Å². The summed E-state index contributed by atoms with van der Waals surface area (Å²) in [6.07, 6.45) is -2.45. The van der Waals surface area contributed by atoms with E-state index in [0.29, 0.717) is 18.4 Å². The van der Waals surface area contributed by atoms with E-state index < -0.39 is 11.7 Å². The number of rotatable bonds is 3. The highest BCUT2D eigenvalue weighted by Gasteiger charge is 2.32. The smallest absolute Gasteiger partial charge is 0.416 e. The van der Waals surface area contributed by atoms with Gasteiger partial charge < -0.3 is 5.11 Å². The number of carbonyl (C=O) groups is 1. The average Bonchev–Trinajstić information content (AvgIpc) is 2.40. The fourth-order valence-electron chi connectivity index (χ4n) is 2.54. The third kappa shape index (κ3) is 4.43. The topological polar surface area (TPSA) is 49.7 Å². The number of allylic oxidation sites excluding steroid dienone is 2. The number of hydrogen-bond donors (Lipinski definition) is 1. The standard InChI is InChI=1S/C17H18F3NO2/c1-16(2)7-14(22)13(15(23)8-16)10-21-9-11-4-3-5-12(6-11)17(18,19)20/h3-6,10,22H,7-9H2,1-2H3.